The number of halogens is 1. The number of benzene rings is 2. The quantitative estimate of drug-likeness (QED) is 0.401. The van der Waals surface area contributed by atoms with E-state index in [0.29, 0.717) is 24.0 Å². The number of amides is 1. The fraction of sp³-hybridized carbons (Fsp3) is 0.500. The zero-order chi connectivity index (χ0) is 31.7. The fourth-order valence-corrected chi connectivity index (χ4v) is 8.42. The molecule has 7 rings (SSSR count). The van der Waals surface area contributed by atoms with Crippen molar-refractivity contribution >= 4 is 28.2 Å². The Morgan fingerprint density at radius 1 is 1.11 bits per heavy atom. The summed E-state index contributed by atoms with van der Waals surface area (Å²) in [7, 11) is 2.14. The molecule has 1 amide bonds. The van der Waals surface area contributed by atoms with Gasteiger partial charge in [0, 0.05) is 41.5 Å². The third kappa shape index (κ3) is 5.54. The molecule has 0 bridgehead atoms. The predicted molar refractivity (Wildman–Crippen MR) is 175 cm³/mol. The summed E-state index contributed by atoms with van der Waals surface area (Å²) in [6.07, 6.45) is 6.86. The van der Waals surface area contributed by atoms with E-state index in [-0.39, 0.29) is 28.3 Å². The van der Waals surface area contributed by atoms with Crippen LogP contribution in [0.3, 0.4) is 0 Å². The van der Waals surface area contributed by atoms with Gasteiger partial charge in [0.15, 0.2) is 11.9 Å². The molecule has 2 fully saturated rings. The molecule has 0 spiro atoms. The van der Waals surface area contributed by atoms with Crippen LogP contribution in [0.15, 0.2) is 71.3 Å². The monoisotopic (exact) mass is 613 g/mol. The number of Topliss-reactive ketones (excluding diaryl/α,β-unsaturated/α-hetero) is 1. The second-order valence-corrected chi connectivity index (χ2v) is 14.8. The number of carbonyl (C=O) groups is 2. The van der Waals surface area contributed by atoms with Gasteiger partial charge in [-0.05, 0) is 102 Å². The van der Waals surface area contributed by atoms with Crippen LogP contribution in [0.5, 0.6) is 5.75 Å². The van der Waals surface area contributed by atoms with Gasteiger partial charge in [0.2, 0.25) is 0 Å². The highest BCUT2D eigenvalue weighted by atomic mass is 19.1. The molecule has 0 radical (unpaired) electrons. The molecule has 2 aromatic carbocycles. The van der Waals surface area contributed by atoms with Gasteiger partial charge in [-0.2, -0.15) is 0 Å². The highest BCUT2D eigenvalue weighted by Gasteiger charge is 2.50. The molecule has 3 atom stereocenters. The van der Waals surface area contributed by atoms with Crippen LogP contribution < -0.4 is 25.6 Å². The van der Waals surface area contributed by atoms with Crippen molar-refractivity contribution in [2.75, 3.05) is 25.0 Å². The Bertz CT molecular complexity index is 1640. The molecule has 2 saturated heterocycles. The van der Waals surface area contributed by atoms with E-state index in [1.165, 1.54) is 12.5 Å². The summed E-state index contributed by atoms with van der Waals surface area (Å²) in [6.45, 7) is 10.2. The van der Waals surface area contributed by atoms with Crippen LogP contribution in [-0.4, -0.2) is 72.0 Å². The molecule has 1 aliphatic carbocycles. The normalized spacial score (nSPS) is 27.4. The van der Waals surface area contributed by atoms with Crippen LogP contribution >= 0.6 is 0 Å². The first-order chi connectivity index (χ1) is 21.4. The zero-order valence-electron chi connectivity index (χ0n) is 26.9. The Hall–Kier alpha value is -3.69. The van der Waals surface area contributed by atoms with E-state index in [1.54, 1.807) is 6.20 Å². The molecule has 3 N–H and O–H groups in total. The molecule has 4 heterocycles. The predicted octanol–water partition coefficient (Wildman–Crippen LogP) is 4.86. The second kappa shape index (κ2) is 11.0. The maximum Gasteiger partial charge on any atom is 0.256 e. The number of hydrogen-bond acceptors (Lipinski definition) is 7. The lowest BCUT2D eigenvalue weighted by Gasteiger charge is -2.48. The number of anilines is 1. The van der Waals surface area contributed by atoms with Crippen molar-refractivity contribution in [1.29, 1.82) is 0 Å². The van der Waals surface area contributed by atoms with Gasteiger partial charge in [-0.15, -0.1) is 0 Å². The summed E-state index contributed by atoms with van der Waals surface area (Å²) in [5.41, 5.74) is 0.988. The Kier molecular flexibility index (Phi) is 7.32. The Labute approximate surface area is 264 Å². The number of nitrogens with zero attached hydrogens (tertiary/aromatic N) is 2. The Morgan fingerprint density at radius 2 is 1.82 bits per heavy atom. The number of rotatable bonds is 6. The number of ether oxygens (including phenoxy) is 1. The van der Waals surface area contributed by atoms with E-state index in [2.05, 4.69) is 55.6 Å². The molecule has 9 heteroatoms. The van der Waals surface area contributed by atoms with Crippen molar-refractivity contribution in [2.24, 2.45) is 0 Å². The van der Waals surface area contributed by atoms with Crippen LogP contribution in [-0.2, 0) is 9.59 Å². The highest BCUT2D eigenvalue weighted by molar-refractivity contribution is 6.27. The molecule has 0 saturated carbocycles. The van der Waals surface area contributed by atoms with Crippen LogP contribution in [0.25, 0.3) is 10.8 Å². The molecular weight excluding hydrogens is 569 g/mol. The van der Waals surface area contributed by atoms with E-state index in [0.717, 1.165) is 48.7 Å². The second-order valence-electron chi connectivity index (χ2n) is 14.8. The minimum atomic E-state index is -0.768. The smallest absolute Gasteiger partial charge is 0.256 e. The van der Waals surface area contributed by atoms with Gasteiger partial charge in [0.1, 0.15) is 23.2 Å². The van der Waals surface area contributed by atoms with Gasteiger partial charge in [0.05, 0.1) is 11.4 Å². The molecule has 3 unspecified atom stereocenters. The highest BCUT2D eigenvalue weighted by Crippen LogP contribution is 2.47. The van der Waals surface area contributed by atoms with Crippen molar-refractivity contribution in [3.8, 4) is 5.75 Å². The number of fused-ring (bicyclic) bond motifs is 3. The largest absolute Gasteiger partial charge is 0.479 e. The van der Waals surface area contributed by atoms with Gasteiger partial charge in [-0.25, -0.2) is 4.39 Å². The topological polar surface area (TPSA) is 85.9 Å². The molecule has 8 nitrogen and oxygen atoms in total. The first-order valence-corrected chi connectivity index (χ1v) is 16.3. The Morgan fingerprint density at radius 3 is 2.51 bits per heavy atom. The van der Waals surface area contributed by atoms with E-state index in [1.807, 2.05) is 41.3 Å². The lowest BCUT2D eigenvalue weighted by Crippen LogP contribution is -2.62. The summed E-state index contributed by atoms with van der Waals surface area (Å²) in [5, 5.41) is 12.2. The SMILES string of the molecule is CN1CCCC1CCNC1=C(F)C=C2C(=O)C(C(=O)NC3CC(C)(C)NC(C)(C)C3)=CN3c4cc5ccccc5cc4OC1C23. The number of piperidine rings is 1. The zero-order valence-corrected chi connectivity index (χ0v) is 26.9. The third-order valence-electron chi connectivity index (χ3n) is 10.1. The number of allylic oxidation sites excluding steroid dienone is 2. The molecule has 5 aliphatic rings. The van der Waals surface area contributed by atoms with E-state index in [4.69, 9.17) is 4.74 Å². The minimum absolute atomic E-state index is 0.0138. The van der Waals surface area contributed by atoms with E-state index >= 15 is 4.39 Å². The summed E-state index contributed by atoms with van der Waals surface area (Å²) in [6, 6.07) is 11.7. The maximum absolute atomic E-state index is 16.0. The third-order valence-corrected chi connectivity index (χ3v) is 10.1. The van der Waals surface area contributed by atoms with Gasteiger partial charge < -0.3 is 30.5 Å². The molecule has 4 aliphatic heterocycles. The van der Waals surface area contributed by atoms with Crippen molar-refractivity contribution in [1.82, 2.24) is 20.9 Å². The van der Waals surface area contributed by atoms with Crippen molar-refractivity contribution in [3.05, 3.63) is 71.3 Å². The summed E-state index contributed by atoms with van der Waals surface area (Å²) in [4.78, 5) is 32.2. The molecule has 2 aromatic rings. The molecule has 238 valence electrons. The van der Waals surface area contributed by atoms with Crippen molar-refractivity contribution < 1.29 is 18.7 Å². The number of hydrogen-bond donors (Lipinski definition) is 3. The first-order valence-electron chi connectivity index (χ1n) is 16.3. The van der Waals surface area contributed by atoms with Gasteiger partial charge in [0.25, 0.3) is 5.91 Å². The molecule has 45 heavy (non-hydrogen) atoms. The van der Waals surface area contributed by atoms with E-state index < -0.39 is 29.7 Å². The number of likely N-dealkylation sites (tertiary alicyclic amines) is 1. The Balaban J connectivity index is 1.25. The molecular formula is C36H44FN5O3. The molecule has 0 aromatic heterocycles. The van der Waals surface area contributed by atoms with Gasteiger partial charge in [-0.1, -0.05) is 24.3 Å². The standard InChI is InChI=1S/C36H44FN5O3/c1-35(2)18-23(19-36(3,4)40-35)39-34(44)26-20-42-28-15-21-9-6-7-10-22(21)16-29(28)45-33-30(27(37)17-25(31(33)42)32(26)43)38-13-12-24-11-8-14-41(24)5/h6-7,9-10,15-17,20,23-24,31,33,38,40H,8,11-14,18-19H2,1-5H3,(H,39,44). The van der Waals surface area contributed by atoms with Crippen LogP contribution in [0, 0.1) is 0 Å². The summed E-state index contributed by atoms with van der Waals surface area (Å²) < 4.78 is 22.6. The summed E-state index contributed by atoms with van der Waals surface area (Å²) in [5.74, 6) is -0.823. The van der Waals surface area contributed by atoms with Crippen LogP contribution in [0.2, 0.25) is 0 Å². The number of carbonyl (C=O) groups excluding carboxylic acids is 2. The average Bonchev–Trinajstić information content (AvgIpc) is 3.37. The van der Waals surface area contributed by atoms with Crippen molar-refractivity contribution in [2.45, 2.75) is 95.1 Å². The van der Waals surface area contributed by atoms with Crippen LogP contribution in [0.1, 0.15) is 59.8 Å². The first kappa shape index (κ1) is 30.0. The minimum Gasteiger partial charge on any atom is -0.479 e. The number of ketones is 1. The van der Waals surface area contributed by atoms with E-state index in [9.17, 15) is 9.59 Å². The lowest BCUT2D eigenvalue weighted by molar-refractivity contribution is -0.122. The maximum atomic E-state index is 16.0. The lowest BCUT2D eigenvalue weighted by atomic mass is 9.79. The van der Waals surface area contributed by atoms with Crippen LogP contribution in [0.4, 0.5) is 10.1 Å². The van der Waals surface area contributed by atoms with Gasteiger partial charge >= 0.3 is 0 Å². The number of nitrogens with one attached hydrogen (secondary N) is 3. The average molecular weight is 614 g/mol. The van der Waals surface area contributed by atoms with Crippen molar-refractivity contribution in [3.63, 3.8) is 0 Å². The van der Waals surface area contributed by atoms with Gasteiger partial charge in [-0.3, -0.25) is 9.59 Å². The fourth-order valence-electron chi connectivity index (χ4n) is 8.42. The summed E-state index contributed by atoms with van der Waals surface area (Å²) >= 11 is 0.